The number of carboxylic acids is 1. The summed E-state index contributed by atoms with van der Waals surface area (Å²) in [6.07, 6.45) is -7.95. The van der Waals surface area contributed by atoms with Crippen LogP contribution in [0.2, 0.25) is 0 Å². The number of hydrogen-bond donors (Lipinski definition) is 12. The highest BCUT2D eigenvalue weighted by Gasteiger charge is 2.71. The molecule has 374 valence electrons. The Morgan fingerprint density at radius 2 is 1.38 bits per heavy atom. The first-order valence-electron chi connectivity index (χ1n) is 23.4. The van der Waals surface area contributed by atoms with Crippen LogP contribution in [0.3, 0.4) is 0 Å². The van der Waals surface area contributed by atoms with Crippen molar-refractivity contribution in [3.8, 4) is 0 Å². The van der Waals surface area contributed by atoms with E-state index in [-0.39, 0.29) is 40.9 Å². The number of carbonyl (C=O) groups is 3. The van der Waals surface area contributed by atoms with Gasteiger partial charge in [-0.1, -0.05) is 53.7 Å². The lowest BCUT2D eigenvalue weighted by molar-refractivity contribution is -0.289. The van der Waals surface area contributed by atoms with Gasteiger partial charge in [-0.25, -0.2) is 0 Å². The van der Waals surface area contributed by atoms with Gasteiger partial charge in [0.25, 0.3) is 0 Å². The lowest BCUT2D eigenvalue weighted by atomic mass is 9.32. The van der Waals surface area contributed by atoms with Crippen LogP contribution in [0.5, 0.6) is 0 Å². The third-order valence-corrected chi connectivity index (χ3v) is 18.2. The Hall–Kier alpha value is -3.17. The minimum Gasteiger partial charge on any atom is -0.506 e. The molecule has 0 heterocycles. The third-order valence-electron chi connectivity index (χ3n) is 18.2. The van der Waals surface area contributed by atoms with E-state index in [2.05, 4.69) is 46.8 Å². The molecule has 0 spiro atoms. The van der Waals surface area contributed by atoms with Crippen molar-refractivity contribution >= 4 is 18.5 Å². The van der Waals surface area contributed by atoms with E-state index in [9.17, 15) is 75.7 Å². The predicted octanol–water partition coefficient (Wildman–Crippen LogP) is 3.40. The van der Waals surface area contributed by atoms with Gasteiger partial charge < -0.3 is 85.1 Å². The molecular formula is C48H74O18. The Labute approximate surface area is 385 Å². The summed E-state index contributed by atoms with van der Waals surface area (Å²) < 4.78 is 18.0. The Morgan fingerprint density at radius 3 is 1.95 bits per heavy atom. The van der Waals surface area contributed by atoms with Gasteiger partial charge >= 0.3 is 5.97 Å². The summed E-state index contributed by atoms with van der Waals surface area (Å²) in [4.78, 5) is 39.5. The maximum absolute atomic E-state index is 13.7. The average molecular weight is 939 g/mol. The Kier molecular flexibility index (Phi) is 14.7. The van der Waals surface area contributed by atoms with Crippen molar-refractivity contribution in [2.24, 2.45) is 62.1 Å². The van der Waals surface area contributed by atoms with Gasteiger partial charge in [-0.15, -0.1) is 0 Å². The van der Waals surface area contributed by atoms with Crippen molar-refractivity contribution in [2.75, 3.05) is 6.61 Å². The van der Waals surface area contributed by atoms with Crippen molar-refractivity contribution in [3.63, 3.8) is 0 Å². The SMILES string of the molecule is CC(O)/C(O)=C(\O)C(O)OC1C(OC(O)/C(O)=C(\O)C(O)CCO)C(O[C@H]2CC[C@]3(C)[C@H]4C=CC5[C@@H]6CC(C)(C)CC[C@]6(C=O)[C@H](O)C[C@@]5(C)[C@]4(C)CC[C@H]3[C@]2(C)C=O)CC(C(=O)O)[C@@H]1O. The fourth-order valence-electron chi connectivity index (χ4n) is 14.1. The molecule has 0 saturated heterocycles. The van der Waals surface area contributed by atoms with Crippen LogP contribution in [0.1, 0.15) is 113 Å². The average Bonchev–Trinajstić information content (AvgIpc) is 3.25. The molecule has 66 heavy (non-hydrogen) atoms. The molecule has 5 saturated carbocycles. The van der Waals surface area contributed by atoms with Crippen LogP contribution < -0.4 is 0 Å². The number of fused-ring (bicyclic) bond motifs is 7. The van der Waals surface area contributed by atoms with E-state index in [1.807, 2.05) is 0 Å². The third kappa shape index (κ3) is 8.42. The van der Waals surface area contributed by atoms with E-state index in [1.54, 1.807) is 6.92 Å². The molecule has 9 unspecified atom stereocenters. The molecule has 5 fully saturated rings. The van der Waals surface area contributed by atoms with Gasteiger partial charge in [0.2, 0.25) is 12.6 Å². The molecule has 6 rings (SSSR count). The second-order valence-electron chi connectivity index (χ2n) is 22.3. The molecule has 6 aliphatic carbocycles. The van der Waals surface area contributed by atoms with Crippen molar-refractivity contribution in [3.05, 3.63) is 35.2 Å². The van der Waals surface area contributed by atoms with Crippen LogP contribution in [-0.4, -0.2) is 148 Å². The van der Waals surface area contributed by atoms with Gasteiger partial charge in [0, 0.05) is 13.0 Å². The van der Waals surface area contributed by atoms with Crippen molar-refractivity contribution in [2.45, 2.75) is 174 Å². The summed E-state index contributed by atoms with van der Waals surface area (Å²) in [6.45, 7) is 13.3. The lowest BCUT2D eigenvalue weighted by Crippen LogP contribution is -2.69. The van der Waals surface area contributed by atoms with Crippen LogP contribution in [-0.2, 0) is 28.6 Å². The molecule has 18 nitrogen and oxygen atoms in total. The number of aldehydes is 2. The largest absolute Gasteiger partial charge is 0.506 e. The number of aliphatic hydroxyl groups excluding tert-OH is 11. The van der Waals surface area contributed by atoms with E-state index in [1.165, 1.54) is 0 Å². The Balaban J connectivity index is 1.37. The second-order valence-corrected chi connectivity index (χ2v) is 22.3. The predicted molar refractivity (Wildman–Crippen MR) is 233 cm³/mol. The number of rotatable bonds is 15. The number of ether oxygens (including phenoxy) is 3. The molecule has 0 aliphatic heterocycles. The first kappa shape index (κ1) is 52.2. The van der Waals surface area contributed by atoms with E-state index >= 15 is 0 Å². The molecule has 0 aromatic carbocycles. The highest BCUT2D eigenvalue weighted by atomic mass is 16.7. The van der Waals surface area contributed by atoms with E-state index in [4.69, 9.17) is 14.2 Å². The normalized spacial score (nSPS) is 45.5. The molecule has 18 heteroatoms. The van der Waals surface area contributed by atoms with E-state index < -0.39 is 137 Å². The molecule has 6 aliphatic rings. The zero-order valence-electron chi connectivity index (χ0n) is 39.1. The van der Waals surface area contributed by atoms with Gasteiger partial charge in [0.1, 0.15) is 37.0 Å². The number of allylic oxidation sites excluding steroid dienone is 2. The van der Waals surface area contributed by atoms with Crippen LogP contribution in [0, 0.1) is 62.1 Å². The fourth-order valence-corrected chi connectivity index (χ4v) is 14.1. The van der Waals surface area contributed by atoms with Gasteiger partial charge in [0.15, 0.2) is 23.0 Å². The lowest BCUT2D eigenvalue weighted by Gasteiger charge is -2.72. The van der Waals surface area contributed by atoms with Gasteiger partial charge in [-0.05, 0) is 110 Å². The topological polar surface area (TPSA) is 322 Å². The number of aliphatic hydroxyl groups is 11. The zero-order chi connectivity index (χ0) is 49.3. The summed E-state index contributed by atoms with van der Waals surface area (Å²) in [5.41, 5.74) is -3.40. The number of aliphatic carboxylic acids is 1. The van der Waals surface area contributed by atoms with E-state index in [0.717, 1.165) is 32.3 Å². The minimum atomic E-state index is -2.54. The first-order valence-corrected chi connectivity index (χ1v) is 23.4. The molecule has 0 aromatic rings. The molecular weight excluding hydrogens is 865 g/mol. The summed E-state index contributed by atoms with van der Waals surface area (Å²) in [5.74, 6) is -8.68. The Bertz CT molecular complexity index is 1920. The highest BCUT2D eigenvalue weighted by Crippen LogP contribution is 2.75. The molecule has 0 aromatic heterocycles. The first-order chi connectivity index (χ1) is 30.6. The summed E-state index contributed by atoms with van der Waals surface area (Å²) in [7, 11) is 0. The quantitative estimate of drug-likeness (QED) is 0.0484. The van der Waals surface area contributed by atoms with Crippen LogP contribution >= 0.6 is 0 Å². The number of hydrogen-bond acceptors (Lipinski definition) is 17. The molecule has 0 radical (unpaired) electrons. The number of carboxylic acid groups (broad SMARTS) is 1. The molecule has 12 N–H and O–H groups in total. The smallest absolute Gasteiger partial charge is 0.309 e. The molecule has 0 bridgehead atoms. The Morgan fingerprint density at radius 1 is 0.758 bits per heavy atom. The zero-order valence-corrected chi connectivity index (χ0v) is 39.1. The van der Waals surface area contributed by atoms with Crippen molar-refractivity contribution in [1.29, 1.82) is 0 Å². The van der Waals surface area contributed by atoms with Crippen LogP contribution in [0.25, 0.3) is 0 Å². The van der Waals surface area contributed by atoms with E-state index in [0.29, 0.717) is 32.1 Å². The highest BCUT2D eigenvalue weighted by molar-refractivity contribution is 5.71. The summed E-state index contributed by atoms with van der Waals surface area (Å²) >= 11 is 0. The monoisotopic (exact) mass is 938 g/mol. The fraction of sp³-hybridized carbons (Fsp3) is 0.812. The van der Waals surface area contributed by atoms with Crippen molar-refractivity contribution in [1.82, 2.24) is 0 Å². The summed E-state index contributed by atoms with van der Waals surface area (Å²) in [5, 5.41) is 127. The van der Waals surface area contributed by atoms with Gasteiger partial charge in [0.05, 0.1) is 41.2 Å². The molecule has 0 amide bonds. The second kappa shape index (κ2) is 18.6. The summed E-state index contributed by atoms with van der Waals surface area (Å²) in [6, 6.07) is 0. The number of carbonyl (C=O) groups excluding carboxylic acids is 2. The molecule has 20 atom stereocenters. The minimum absolute atomic E-state index is 0.00835. The van der Waals surface area contributed by atoms with Crippen LogP contribution in [0.4, 0.5) is 0 Å². The maximum Gasteiger partial charge on any atom is 0.309 e. The standard InChI is InChI=1S/C48H74O18/c1-23(52)33(55)36(58)41(62)66-39-34(56)24(40(60)61)18-28(38(39)65-42(63)37(59)35(57)27(53)12-17-49)64-32-11-13-44(4)29(45(32,5)21-50)10-14-46(6)30(44)9-8-25-26-19-43(2,3)15-16-48(26,22-51)31(54)20-47(25,46)7/h8-9,21-32,34,38-39,41-42,49,52-59,62-63H,10-20H2,1-7H3,(H,60,61)/b36-33+,37-35+/t23?,24?,25?,26-,27?,28?,29+,30+,31+,32-,34-,38?,39?,41?,42?,44-,45-,46+,47+,48+/m0/s1. The van der Waals surface area contributed by atoms with Crippen molar-refractivity contribution < 1.29 is 89.9 Å². The van der Waals surface area contributed by atoms with Gasteiger partial charge in [-0.3, -0.25) is 4.79 Å². The van der Waals surface area contributed by atoms with Gasteiger partial charge in [-0.2, -0.15) is 0 Å². The maximum atomic E-state index is 13.7. The van der Waals surface area contributed by atoms with Crippen LogP contribution in [0.15, 0.2) is 35.2 Å².